The van der Waals surface area contributed by atoms with Gasteiger partial charge in [-0.3, -0.25) is 4.79 Å². The number of hydrogen-bond acceptors (Lipinski definition) is 2. The second-order valence-electron chi connectivity index (χ2n) is 5.21. The van der Waals surface area contributed by atoms with Crippen LogP contribution in [-0.4, -0.2) is 16.8 Å². The van der Waals surface area contributed by atoms with Crippen molar-refractivity contribution in [3.05, 3.63) is 64.7 Å². The number of halogens is 1. The van der Waals surface area contributed by atoms with Gasteiger partial charge in [-0.1, -0.05) is 41.9 Å². The lowest BCUT2D eigenvalue weighted by atomic mass is 10.1. The quantitative estimate of drug-likeness (QED) is 0.869. The summed E-state index contributed by atoms with van der Waals surface area (Å²) in [5.74, 6) is -0.0844. The fourth-order valence-corrected chi connectivity index (χ4v) is 2.36. The van der Waals surface area contributed by atoms with Crippen LogP contribution in [-0.2, 0) is 6.54 Å². The zero-order valence-corrected chi connectivity index (χ0v) is 13.0. The summed E-state index contributed by atoms with van der Waals surface area (Å²) in [6.07, 6.45) is 0. The van der Waals surface area contributed by atoms with Gasteiger partial charge in [0.05, 0.1) is 10.6 Å². The summed E-state index contributed by atoms with van der Waals surface area (Å²) in [6, 6.07) is 14.7. The number of hydrogen-bond donors (Lipinski definition) is 1. The van der Waals surface area contributed by atoms with E-state index in [9.17, 15) is 4.79 Å². The lowest BCUT2D eigenvalue weighted by molar-refractivity contribution is 0.0691. The first kappa shape index (κ1) is 15.4. The number of nitrogen functional groups attached to an aromatic ring is 1. The molecule has 0 heterocycles. The van der Waals surface area contributed by atoms with Gasteiger partial charge in [-0.25, -0.2) is 0 Å². The van der Waals surface area contributed by atoms with E-state index >= 15 is 0 Å². The molecule has 0 unspecified atom stereocenters. The third-order valence-corrected chi connectivity index (χ3v) is 3.71. The molecule has 2 N–H and O–H groups in total. The summed E-state index contributed by atoms with van der Waals surface area (Å²) in [7, 11) is 0. The second-order valence-corrected chi connectivity index (χ2v) is 5.61. The molecule has 110 valence electrons. The number of nitrogens with zero attached hydrogens (tertiary/aromatic N) is 1. The summed E-state index contributed by atoms with van der Waals surface area (Å²) in [6.45, 7) is 4.43. The number of nitrogens with two attached hydrogens (primary N) is 1. The van der Waals surface area contributed by atoms with E-state index < -0.39 is 0 Å². The van der Waals surface area contributed by atoms with Crippen LogP contribution in [0.15, 0.2) is 48.5 Å². The van der Waals surface area contributed by atoms with Gasteiger partial charge in [0.15, 0.2) is 0 Å². The van der Waals surface area contributed by atoms with E-state index in [4.69, 9.17) is 17.3 Å². The van der Waals surface area contributed by atoms with Crippen LogP contribution in [0.3, 0.4) is 0 Å². The van der Waals surface area contributed by atoms with Crippen LogP contribution < -0.4 is 5.73 Å². The van der Waals surface area contributed by atoms with Crippen molar-refractivity contribution in [1.29, 1.82) is 0 Å². The van der Waals surface area contributed by atoms with Gasteiger partial charge in [0.25, 0.3) is 5.91 Å². The molecule has 3 nitrogen and oxygen atoms in total. The molecule has 2 aromatic carbocycles. The number of para-hydroxylation sites is 1. The van der Waals surface area contributed by atoms with Crippen molar-refractivity contribution in [3.63, 3.8) is 0 Å². The van der Waals surface area contributed by atoms with E-state index in [1.54, 1.807) is 17.0 Å². The van der Waals surface area contributed by atoms with Crippen LogP contribution >= 0.6 is 11.6 Å². The third kappa shape index (κ3) is 3.56. The molecule has 0 spiro atoms. The zero-order valence-electron chi connectivity index (χ0n) is 12.2. The van der Waals surface area contributed by atoms with Gasteiger partial charge in [-0.2, -0.15) is 0 Å². The van der Waals surface area contributed by atoms with Crippen molar-refractivity contribution in [2.24, 2.45) is 0 Å². The van der Waals surface area contributed by atoms with Crippen LogP contribution in [0.4, 0.5) is 5.69 Å². The number of carbonyl (C=O) groups is 1. The Balaban J connectivity index is 2.30. The Morgan fingerprint density at radius 3 is 2.38 bits per heavy atom. The fourth-order valence-electron chi connectivity index (χ4n) is 2.14. The van der Waals surface area contributed by atoms with Gasteiger partial charge in [-0.15, -0.1) is 0 Å². The van der Waals surface area contributed by atoms with Crippen molar-refractivity contribution < 1.29 is 4.79 Å². The van der Waals surface area contributed by atoms with Gasteiger partial charge in [0.2, 0.25) is 0 Å². The van der Waals surface area contributed by atoms with Crippen molar-refractivity contribution in [3.8, 4) is 0 Å². The standard InChI is InChI=1S/C17H19ClN2O/c1-12(2)20(11-13-7-3-6-10-16(13)19)17(21)14-8-4-5-9-15(14)18/h3-10,12H,11,19H2,1-2H3. The van der Waals surface area contributed by atoms with Crippen molar-refractivity contribution >= 4 is 23.2 Å². The molecule has 0 aliphatic carbocycles. The third-order valence-electron chi connectivity index (χ3n) is 3.38. The molecule has 0 aliphatic heterocycles. The summed E-state index contributed by atoms with van der Waals surface area (Å²) in [5, 5.41) is 0.467. The molecule has 2 rings (SSSR count). The van der Waals surface area contributed by atoms with Gasteiger partial charge in [0.1, 0.15) is 0 Å². The first-order valence-corrected chi connectivity index (χ1v) is 7.27. The molecule has 0 radical (unpaired) electrons. The van der Waals surface area contributed by atoms with Crippen LogP contribution in [0.5, 0.6) is 0 Å². The largest absolute Gasteiger partial charge is 0.398 e. The number of carbonyl (C=O) groups excluding carboxylic acids is 1. The molecule has 0 fully saturated rings. The Morgan fingerprint density at radius 1 is 1.14 bits per heavy atom. The van der Waals surface area contributed by atoms with Gasteiger partial charge in [-0.05, 0) is 37.6 Å². The smallest absolute Gasteiger partial charge is 0.255 e. The number of anilines is 1. The maximum atomic E-state index is 12.7. The molecular weight excluding hydrogens is 284 g/mol. The van der Waals surface area contributed by atoms with Crippen LogP contribution in [0.1, 0.15) is 29.8 Å². The van der Waals surface area contributed by atoms with Gasteiger partial charge in [0, 0.05) is 18.3 Å². The van der Waals surface area contributed by atoms with Crippen molar-refractivity contribution in [2.75, 3.05) is 5.73 Å². The van der Waals surface area contributed by atoms with E-state index in [1.165, 1.54) is 0 Å². The highest BCUT2D eigenvalue weighted by Gasteiger charge is 2.21. The maximum Gasteiger partial charge on any atom is 0.255 e. The number of benzene rings is 2. The Hall–Kier alpha value is -2.00. The first-order valence-electron chi connectivity index (χ1n) is 6.89. The van der Waals surface area contributed by atoms with E-state index in [0.29, 0.717) is 22.8 Å². The van der Waals surface area contributed by atoms with Crippen LogP contribution in [0.25, 0.3) is 0 Å². The molecule has 0 bridgehead atoms. The van der Waals surface area contributed by atoms with Gasteiger partial charge < -0.3 is 10.6 Å². The Morgan fingerprint density at radius 2 is 1.76 bits per heavy atom. The van der Waals surface area contributed by atoms with E-state index in [-0.39, 0.29) is 11.9 Å². The Kier molecular flexibility index (Phi) is 4.86. The minimum Gasteiger partial charge on any atom is -0.398 e. The maximum absolute atomic E-state index is 12.7. The molecule has 1 amide bonds. The molecule has 0 saturated heterocycles. The molecule has 2 aromatic rings. The summed E-state index contributed by atoms with van der Waals surface area (Å²) >= 11 is 6.13. The Bertz CT molecular complexity index is 640. The topological polar surface area (TPSA) is 46.3 Å². The minimum atomic E-state index is -0.0844. The van der Waals surface area contributed by atoms with Crippen molar-refractivity contribution in [1.82, 2.24) is 4.90 Å². The molecule has 0 saturated carbocycles. The first-order chi connectivity index (χ1) is 10.0. The van der Waals surface area contributed by atoms with E-state index in [2.05, 4.69) is 0 Å². The van der Waals surface area contributed by atoms with Crippen molar-refractivity contribution in [2.45, 2.75) is 26.4 Å². The normalized spacial score (nSPS) is 10.7. The fraction of sp³-hybridized carbons (Fsp3) is 0.235. The highest BCUT2D eigenvalue weighted by atomic mass is 35.5. The molecule has 4 heteroatoms. The predicted molar refractivity (Wildman–Crippen MR) is 87.3 cm³/mol. The lowest BCUT2D eigenvalue weighted by Crippen LogP contribution is -2.36. The lowest BCUT2D eigenvalue weighted by Gasteiger charge is -2.28. The zero-order chi connectivity index (χ0) is 15.4. The van der Waals surface area contributed by atoms with E-state index in [1.807, 2.05) is 50.2 Å². The molecule has 0 aromatic heterocycles. The highest BCUT2D eigenvalue weighted by Crippen LogP contribution is 2.21. The minimum absolute atomic E-state index is 0.0494. The molecular formula is C17H19ClN2O. The predicted octanol–water partition coefficient (Wildman–Crippen LogP) is 3.97. The monoisotopic (exact) mass is 302 g/mol. The summed E-state index contributed by atoms with van der Waals surface area (Å²) in [5.41, 5.74) is 8.12. The summed E-state index contributed by atoms with van der Waals surface area (Å²) in [4.78, 5) is 14.5. The molecule has 0 atom stereocenters. The number of amides is 1. The number of rotatable bonds is 4. The molecule has 21 heavy (non-hydrogen) atoms. The highest BCUT2D eigenvalue weighted by molar-refractivity contribution is 6.33. The SMILES string of the molecule is CC(C)N(Cc1ccccc1N)C(=O)c1ccccc1Cl. The van der Waals surface area contributed by atoms with Crippen LogP contribution in [0.2, 0.25) is 5.02 Å². The average molecular weight is 303 g/mol. The van der Waals surface area contributed by atoms with Gasteiger partial charge >= 0.3 is 0 Å². The molecule has 0 aliphatic rings. The van der Waals surface area contributed by atoms with Crippen LogP contribution in [0, 0.1) is 0 Å². The average Bonchev–Trinajstić information content (AvgIpc) is 2.46. The van der Waals surface area contributed by atoms with E-state index in [0.717, 1.165) is 5.56 Å². The Labute approximate surface area is 130 Å². The second kappa shape index (κ2) is 6.64. The summed E-state index contributed by atoms with van der Waals surface area (Å²) < 4.78 is 0.